The molecule has 2 aromatic rings. The smallest absolute Gasteiger partial charge is 0.302 e. The van der Waals surface area contributed by atoms with E-state index in [1.807, 2.05) is 40.7 Å². The summed E-state index contributed by atoms with van der Waals surface area (Å²) in [4.78, 5) is 24.6. The fourth-order valence-corrected chi connectivity index (χ4v) is 4.69. The van der Waals surface area contributed by atoms with E-state index in [0.29, 0.717) is 29.4 Å². The molecule has 178 valence electrons. The number of rotatable bonds is 7. The van der Waals surface area contributed by atoms with E-state index in [1.54, 1.807) is 19.1 Å². The Labute approximate surface area is 201 Å². The molecule has 0 saturated heterocycles. The lowest BCUT2D eigenvalue weighted by Crippen LogP contribution is -2.39. The van der Waals surface area contributed by atoms with Crippen molar-refractivity contribution in [2.75, 3.05) is 6.61 Å². The highest BCUT2D eigenvalue weighted by atomic mass is 35.5. The number of esters is 1. The number of ether oxygens (including phenoxy) is 3. The molecule has 0 radical (unpaired) electrons. The molecule has 0 aromatic heterocycles. The zero-order valence-electron chi connectivity index (χ0n) is 20.6. The largest absolute Gasteiger partial charge is 0.487 e. The third-order valence-corrected chi connectivity index (χ3v) is 6.86. The molecular weight excluding hydrogens is 440 g/mol. The minimum atomic E-state index is -0.641. The number of carbonyl (C=O) groups is 2. The number of halogens is 1. The highest BCUT2D eigenvalue weighted by Crippen LogP contribution is 2.42. The molecule has 3 rings (SSSR count). The summed E-state index contributed by atoms with van der Waals surface area (Å²) in [6, 6.07) is 5.38. The Kier molecular flexibility index (Phi) is 7.42. The van der Waals surface area contributed by atoms with Crippen LogP contribution in [0.5, 0.6) is 11.5 Å². The number of ketones is 1. The van der Waals surface area contributed by atoms with Gasteiger partial charge in [0.05, 0.1) is 6.61 Å². The molecule has 2 unspecified atom stereocenters. The second-order valence-electron chi connectivity index (χ2n) is 9.23. The van der Waals surface area contributed by atoms with Crippen LogP contribution in [-0.4, -0.2) is 30.1 Å². The molecule has 33 heavy (non-hydrogen) atoms. The van der Waals surface area contributed by atoms with Gasteiger partial charge in [-0.3, -0.25) is 9.59 Å². The van der Waals surface area contributed by atoms with Crippen LogP contribution in [0.2, 0.25) is 5.02 Å². The van der Waals surface area contributed by atoms with Gasteiger partial charge < -0.3 is 14.2 Å². The van der Waals surface area contributed by atoms with Gasteiger partial charge in [-0.2, -0.15) is 0 Å². The minimum absolute atomic E-state index is 0.0477. The molecule has 6 heteroatoms. The van der Waals surface area contributed by atoms with E-state index in [1.165, 1.54) is 6.92 Å². The van der Waals surface area contributed by atoms with Crippen molar-refractivity contribution in [3.8, 4) is 11.5 Å². The molecule has 1 heterocycles. The average molecular weight is 473 g/mol. The Balaban J connectivity index is 1.87. The maximum Gasteiger partial charge on any atom is 0.302 e. The molecule has 1 aliphatic rings. The van der Waals surface area contributed by atoms with Gasteiger partial charge in [-0.25, -0.2) is 0 Å². The number of benzene rings is 2. The van der Waals surface area contributed by atoms with E-state index in [4.69, 9.17) is 25.8 Å². The van der Waals surface area contributed by atoms with Crippen LogP contribution in [0.4, 0.5) is 0 Å². The van der Waals surface area contributed by atoms with Gasteiger partial charge in [-0.05, 0) is 100 Å². The maximum atomic E-state index is 13.5. The lowest BCUT2D eigenvalue weighted by Gasteiger charge is -2.38. The van der Waals surface area contributed by atoms with Crippen LogP contribution >= 0.6 is 11.6 Å². The minimum Gasteiger partial charge on any atom is -0.487 e. The van der Waals surface area contributed by atoms with Gasteiger partial charge in [0.25, 0.3) is 0 Å². The lowest BCUT2D eigenvalue weighted by atomic mass is 9.82. The first kappa shape index (κ1) is 25.1. The number of Topliss-reactive ketones (excluding diaryl/α,β-unsaturated/α-hetero) is 1. The predicted molar refractivity (Wildman–Crippen MR) is 130 cm³/mol. The van der Waals surface area contributed by atoms with Crippen LogP contribution in [0, 0.1) is 27.7 Å². The second kappa shape index (κ2) is 9.76. The molecule has 2 aromatic carbocycles. The number of carbonyl (C=O) groups excluding carboxylic acids is 2. The Bertz CT molecular complexity index is 1090. The van der Waals surface area contributed by atoms with Crippen LogP contribution < -0.4 is 9.47 Å². The molecule has 2 atom stereocenters. The summed E-state index contributed by atoms with van der Waals surface area (Å²) < 4.78 is 17.6. The Hall–Kier alpha value is -2.53. The number of hydrogen-bond donors (Lipinski definition) is 0. The number of aryl methyl sites for hydroxylation is 1. The molecule has 5 nitrogen and oxygen atoms in total. The summed E-state index contributed by atoms with van der Waals surface area (Å²) in [6.45, 7) is 13.4. The quantitative estimate of drug-likeness (QED) is 0.351. The van der Waals surface area contributed by atoms with Crippen LogP contribution in [0.25, 0.3) is 0 Å². The van der Waals surface area contributed by atoms with Crippen LogP contribution in [0.1, 0.15) is 71.8 Å². The summed E-state index contributed by atoms with van der Waals surface area (Å²) in [6.07, 6.45) is 1.56. The van der Waals surface area contributed by atoms with Gasteiger partial charge in [-0.1, -0.05) is 11.6 Å². The summed E-state index contributed by atoms with van der Waals surface area (Å²) in [5.74, 6) is 1.16. The normalized spacial score (nSPS) is 18.2. The third-order valence-electron chi connectivity index (χ3n) is 6.62. The van der Waals surface area contributed by atoms with Gasteiger partial charge in [0.15, 0.2) is 6.10 Å². The fraction of sp³-hybridized carbons (Fsp3) is 0.481. The predicted octanol–water partition coefficient (Wildman–Crippen LogP) is 6.26. The molecule has 0 spiro atoms. The Morgan fingerprint density at radius 3 is 2.48 bits per heavy atom. The first-order valence-corrected chi connectivity index (χ1v) is 11.7. The maximum absolute atomic E-state index is 13.5. The van der Waals surface area contributed by atoms with Crippen molar-refractivity contribution >= 4 is 23.4 Å². The van der Waals surface area contributed by atoms with Crippen molar-refractivity contribution in [1.82, 2.24) is 0 Å². The molecule has 0 aliphatic carbocycles. The first-order valence-electron chi connectivity index (χ1n) is 11.4. The van der Waals surface area contributed by atoms with Crippen molar-refractivity contribution in [3.05, 3.63) is 56.6 Å². The van der Waals surface area contributed by atoms with Gasteiger partial charge in [0.1, 0.15) is 17.1 Å². The highest BCUT2D eigenvalue weighted by Gasteiger charge is 2.36. The molecule has 0 fully saturated rings. The van der Waals surface area contributed by atoms with Crippen LogP contribution in [0.15, 0.2) is 18.2 Å². The van der Waals surface area contributed by atoms with Crippen LogP contribution in [-0.2, 0) is 16.0 Å². The van der Waals surface area contributed by atoms with E-state index in [0.717, 1.165) is 46.4 Å². The fourth-order valence-electron chi connectivity index (χ4n) is 4.46. The third kappa shape index (κ3) is 5.35. The summed E-state index contributed by atoms with van der Waals surface area (Å²) in [5, 5.41) is 0.635. The number of hydrogen-bond acceptors (Lipinski definition) is 5. The standard InChI is InChI=1S/C27H33ClO5/c1-15-14-21(28)8-9-23(15)32-19(5)25(30)24-16(2)17(3)26-22(18(24)4)10-11-27(7,33-26)12-13-31-20(6)29/h8-9,14,19H,10-13H2,1-7H3. The highest BCUT2D eigenvalue weighted by molar-refractivity contribution is 6.30. The van der Waals surface area contributed by atoms with Gasteiger partial charge in [-0.15, -0.1) is 0 Å². The van der Waals surface area contributed by atoms with Crippen molar-refractivity contribution in [2.24, 2.45) is 0 Å². The Morgan fingerprint density at radius 1 is 1.15 bits per heavy atom. The zero-order chi connectivity index (χ0) is 24.5. The van der Waals surface area contributed by atoms with Crippen molar-refractivity contribution < 1.29 is 23.8 Å². The molecule has 1 aliphatic heterocycles. The van der Waals surface area contributed by atoms with Gasteiger partial charge >= 0.3 is 5.97 Å². The Morgan fingerprint density at radius 2 is 1.85 bits per heavy atom. The average Bonchev–Trinajstić information content (AvgIpc) is 2.73. The molecule has 0 amide bonds. The topological polar surface area (TPSA) is 61.8 Å². The van der Waals surface area contributed by atoms with E-state index >= 15 is 0 Å². The van der Waals surface area contributed by atoms with Crippen molar-refractivity contribution in [1.29, 1.82) is 0 Å². The van der Waals surface area contributed by atoms with E-state index in [-0.39, 0.29) is 11.8 Å². The number of fused-ring (bicyclic) bond motifs is 1. The zero-order valence-corrected chi connectivity index (χ0v) is 21.3. The van der Waals surface area contributed by atoms with Crippen molar-refractivity contribution in [2.45, 2.75) is 79.4 Å². The summed E-state index contributed by atoms with van der Waals surface area (Å²) >= 11 is 6.04. The van der Waals surface area contributed by atoms with E-state index < -0.39 is 11.7 Å². The second-order valence-corrected chi connectivity index (χ2v) is 9.67. The van der Waals surface area contributed by atoms with Crippen molar-refractivity contribution in [3.63, 3.8) is 0 Å². The van der Waals surface area contributed by atoms with Gasteiger partial charge in [0, 0.05) is 23.9 Å². The molecule has 0 N–H and O–H groups in total. The lowest BCUT2D eigenvalue weighted by molar-refractivity contribution is -0.142. The molecule has 0 bridgehead atoms. The SMILES string of the molecule is CC(=O)OCCC1(C)CCc2c(C)c(C(=O)C(C)Oc3ccc(Cl)cc3C)c(C)c(C)c2O1. The summed E-state index contributed by atoms with van der Waals surface area (Å²) in [5.41, 5.74) is 5.07. The van der Waals surface area contributed by atoms with E-state index in [9.17, 15) is 9.59 Å². The monoisotopic (exact) mass is 472 g/mol. The molecule has 0 saturated carbocycles. The first-order chi connectivity index (χ1) is 15.4. The summed E-state index contributed by atoms with van der Waals surface area (Å²) in [7, 11) is 0. The van der Waals surface area contributed by atoms with E-state index in [2.05, 4.69) is 0 Å². The van der Waals surface area contributed by atoms with Gasteiger partial charge in [0.2, 0.25) is 5.78 Å². The molecular formula is C27H33ClO5. The van der Waals surface area contributed by atoms with Crippen LogP contribution in [0.3, 0.4) is 0 Å².